The van der Waals surface area contributed by atoms with Gasteiger partial charge >= 0.3 is 5.97 Å². The maximum Gasteiger partial charge on any atom is 0.384 e. The van der Waals surface area contributed by atoms with Gasteiger partial charge in [-0.05, 0) is 25.7 Å². The van der Waals surface area contributed by atoms with Crippen LogP contribution in [0.2, 0.25) is 0 Å². The number of ether oxygens (including phenoxy) is 1. The van der Waals surface area contributed by atoms with Crippen LogP contribution in [0.15, 0.2) is 0 Å². The van der Waals surface area contributed by atoms with E-state index in [1.54, 1.807) is 0 Å². The molecule has 0 saturated heterocycles. The number of terminal acetylenes is 1. The Bertz CT molecular complexity index is 224. The molecule has 0 aliphatic heterocycles. The van der Waals surface area contributed by atoms with Gasteiger partial charge in [0.2, 0.25) is 0 Å². The van der Waals surface area contributed by atoms with E-state index in [2.05, 4.69) is 22.6 Å². The molecule has 13 heavy (non-hydrogen) atoms. The smallest absolute Gasteiger partial charge is 0.384 e. The van der Waals surface area contributed by atoms with E-state index in [0.717, 1.165) is 30.1 Å². The zero-order valence-corrected chi connectivity index (χ0v) is 9.67. The van der Waals surface area contributed by atoms with Gasteiger partial charge in [-0.2, -0.15) is 0 Å². The first-order chi connectivity index (χ1) is 6.22. The largest absolute Gasteiger partial charge is 0.449 e. The molecular formula is C10H13IO2. The summed E-state index contributed by atoms with van der Waals surface area (Å²) < 4.78 is 6.14. The summed E-state index contributed by atoms with van der Waals surface area (Å²) in [6.45, 7) is 0. The van der Waals surface area contributed by atoms with E-state index in [-0.39, 0.29) is 5.60 Å². The van der Waals surface area contributed by atoms with Crippen LogP contribution in [0.1, 0.15) is 32.1 Å². The van der Waals surface area contributed by atoms with E-state index in [0.29, 0.717) is 0 Å². The Labute approximate surface area is 92.6 Å². The first-order valence-corrected chi connectivity index (χ1v) is 6.00. The van der Waals surface area contributed by atoms with E-state index in [4.69, 9.17) is 11.2 Å². The lowest BCUT2D eigenvalue weighted by Gasteiger charge is -2.34. The number of halogens is 1. The Kier molecular flexibility index (Phi) is 4.04. The Morgan fingerprint density at radius 3 is 2.54 bits per heavy atom. The highest BCUT2D eigenvalue weighted by Gasteiger charge is 2.34. The third kappa shape index (κ3) is 2.87. The first-order valence-electron chi connectivity index (χ1n) is 4.48. The van der Waals surface area contributed by atoms with Crippen LogP contribution in [0.5, 0.6) is 0 Å². The van der Waals surface area contributed by atoms with Gasteiger partial charge in [-0.25, -0.2) is 4.79 Å². The molecule has 0 amide bonds. The van der Waals surface area contributed by atoms with Crippen LogP contribution in [0.4, 0.5) is 0 Å². The third-order valence-corrected chi connectivity index (χ3v) is 3.83. The van der Waals surface area contributed by atoms with Gasteiger partial charge in [0.25, 0.3) is 0 Å². The standard InChI is InChI=1S/C10H13IO2/c1-2-9(12)13-10(8-11)6-4-3-5-7-10/h1H,3-8H2. The number of rotatable bonds is 2. The van der Waals surface area contributed by atoms with E-state index >= 15 is 0 Å². The number of hydrogen-bond acceptors (Lipinski definition) is 2. The highest BCUT2D eigenvalue weighted by Crippen LogP contribution is 2.33. The lowest BCUT2D eigenvalue weighted by atomic mass is 9.86. The molecule has 0 aromatic rings. The van der Waals surface area contributed by atoms with Crippen LogP contribution in [-0.4, -0.2) is 16.0 Å². The zero-order chi connectivity index (χ0) is 9.73. The average molecular weight is 292 g/mol. The molecule has 0 atom stereocenters. The Morgan fingerprint density at radius 1 is 1.46 bits per heavy atom. The second-order valence-electron chi connectivity index (χ2n) is 3.41. The fourth-order valence-electron chi connectivity index (χ4n) is 1.69. The first kappa shape index (κ1) is 10.8. The minimum absolute atomic E-state index is 0.262. The van der Waals surface area contributed by atoms with Crippen molar-refractivity contribution in [2.45, 2.75) is 37.7 Å². The van der Waals surface area contributed by atoms with Crippen molar-refractivity contribution in [3.63, 3.8) is 0 Å². The zero-order valence-electron chi connectivity index (χ0n) is 7.51. The summed E-state index contributed by atoms with van der Waals surface area (Å²) in [4.78, 5) is 11.0. The predicted molar refractivity (Wildman–Crippen MR) is 59.6 cm³/mol. The van der Waals surface area contributed by atoms with Crippen molar-refractivity contribution in [1.82, 2.24) is 0 Å². The van der Waals surface area contributed by atoms with E-state index < -0.39 is 5.97 Å². The SMILES string of the molecule is C#CC(=O)OC1(CI)CCCCC1. The van der Waals surface area contributed by atoms with E-state index in [1.807, 2.05) is 5.92 Å². The molecule has 3 heteroatoms. The van der Waals surface area contributed by atoms with Crippen molar-refractivity contribution in [2.75, 3.05) is 4.43 Å². The molecule has 0 N–H and O–H groups in total. The second kappa shape index (κ2) is 4.85. The Hall–Kier alpha value is -0.240. The van der Waals surface area contributed by atoms with Crippen molar-refractivity contribution >= 4 is 28.6 Å². The second-order valence-corrected chi connectivity index (χ2v) is 4.17. The predicted octanol–water partition coefficient (Wildman–Crippen LogP) is 2.30. The van der Waals surface area contributed by atoms with Gasteiger partial charge in [-0.3, -0.25) is 0 Å². The summed E-state index contributed by atoms with van der Waals surface area (Å²) >= 11 is 2.26. The molecule has 1 rings (SSSR count). The number of carbonyl (C=O) groups excluding carboxylic acids is 1. The normalized spacial score (nSPS) is 20.3. The molecule has 1 aliphatic carbocycles. The summed E-state index contributed by atoms with van der Waals surface area (Å²) in [6, 6.07) is 0. The fourth-order valence-corrected chi connectivity index (χ4v) is 2.60. The minimum Gasteiger partial charge on any atom is -0.449 e. The van der Waals surface area contributed by atoms with Gasteiger partial charge in [-0.15, -0.1) is 6.42 Å². The maximum atomic E-state index is 11.0. The van der Waals surface area contributed by atoms with Gasteiger partial charge in [0.1, 0.15) is 5.60 Å². The van der Waals surface area contributed by atoms with Gasteiger partial charge in [0.15, 0.2) is 0 Å². The molecule has 0 aromatic heterocycles. The highest BCUT2D eigenvalue weighted by atomic mass is 127. The quantitative estimate of drug-likeness (QED) is 0.257. The Morgan fingerprint density at radius 2 is 2.08 bits per heavy atom. The molecule has 72 valence electrons. The van der Waals surface area contributed by atoms with Crippen LogP contribution in [0, 0.1) is 12.3 Å². The van der Waals surface area contributed by atoms with Gasteiger partial charge in [0, 0.05) is 10.3 Å². The van der Waals surface area contributed by atoms with Crippen LogP contribution in [0.25, 0.3) is 0 Å². The summed E-state index contributed by atoms with van der Waals surface area (Å²) in [6.07, 6.45) is 10.4. The van der Waals surface area contributed by atoms with Gasteiger partial charge < -0.3 is 4.74 Å². The van der Waals surface area contributed by atoms with Crippen LogP contribution in [0.3, 0.4) is 0 Å². The highest BCUT2D eigenvalue weighted by molar-refractivity contribution is 14.1. The van der Waals surface area contributed by atoms with Crippen LogP contribution in [-0.2, 0) is 9.53 Å². The molecule has 0 heterocycles. The summed E-state index contributed by atoms with van der Waals surface area (Å²) in [5, 5.41) is 0. The molecule has 1 aliphatic rings. The molecule has 0 radical (unpaired) electrons. The monoisotopic (exact) mass is 292 g/mol. The minimum atomic E-state index is -0.515. The Balaban J connectivity index is 2.58. The average Bonchev–Trinajstić information content (AvgIpc) is 2.19. The lowest BCUT2D eigenvalue weighted by molar-refractivity contribution is -0.152. The van der Waals surface area contributed by atoms with Crippen molar-refractivity contribution < 1.29 is 9.53 Å². The van der Waals surface area contributed by atoms with Crippen molar-refractivity contribution in [3.05, 3.63) is 0 Å². The molecule has 0 unspecified atom stereocenters. The van der Waals surface area contributed by atoms with Crippen LogP contribution >= 0.6 is 22.6 Å². The number of hydrogen-bond donors (Lipinski definition) is 0. The summed E-state index contributed by atoms with van der Waals surface area (Å²) in [5.74, 6) is 1.49. The maximum absolute atomic E-state index is 11.0. The van der Waals surface area contributed by atoms with Gasteiger partial charge in [-0.1, -0.05) is 29.0 Å². The molecule has 2 nitrogen and oxygen atoms in total. The van der Waals surface area contributed by atoms with Crippen molar-refractivity contribution in [3.8, 4) is 12.3 Å². The number of carbonyl (C=O) groups is 1. The summed E-state index contributed by atoms with van der Waals surface area (Å²) in [7, 11) is 0. The number of alkyl halides is 1. The van der Waals surface area contributed by atoms with Crippen LogP contribution < -0.4 is 0 Å². The van der Waals surface area contributed by atoms with Gasteiger partial charge in [0.05, 0.1) is 0 Å². The van der Waals surface area contributed by atoms with Crippen molar-refractivity contribution in [2.24, 2.45) is 0 Å². The number of esters is 1. The molecule has 1 saturated carbocycles. The molecular weight excluding hydrogens is 279 g/mol. The van der Waals surface area contributed by atoms with Crippen molar-refractivity contribution in [1.29, 1.82) is 0 Å². The lowest BCUT2D eigenvalue weighted by Crippen LogP contribution is -2.38. The summed E-state index contributed by atoms with van der Waals surface area (Å²) in [5.41, 5.74) is -0.262. The molecule has 1 fully saturated rings. The fraction of sp³-hybridized carbons (Fsp3) is 0.700. The van der Waals surface area contributed by atoms with E-state index in [9.17, 15) is 4.79 Å². The molecule has 0 spiro atoms. The molecule has 0 bridgehead atoms. The topological polar surface area (TPSA) is 26.3 Å². The molecule has 0 aromatic carbocycles. The van der Waals surface area contributed by atoms with E-state index in [1.165, 1.54) is 6.42 Å². The third-order valence-electron chi connectivity index (χ3n) is 2.44.